The van der Waals surface area contributed by atoms with E-state index in [0.29, 0.717) is 6.04 Å². The van der Waals surface area contributed by atoms with E-state index in [9.17, 15) is 9.59 Å². The minimum absolute atomic E-state index is 0.0450. The first-order valence-corrected chi connectivity index (χ1v) is 5.07. The third-order valence-electron chi connectivity index (χ3n) is 2.28. The van der Waals surface area contributed by atoms with Crippen LogP contribution in [0, 0.1) is 0 Å². The Balaban J connectivity index is 2.37. The van der Waals surface area contributed by atoms with E-state index in [4.69, 9.17) is 0 Å². The molecular weight excluding hydrogens is 180 g/mol. The fraction of sp³-hybridized carbons (Fsp3) is 0.800. The highest BCUT2D eigenvalue weighted by atomic mass is 16.2. The summed E-state index contributed by atoms with van der Waals surface area (Å²) < 4.78 is 0. The van der Waals surface area contributed by atoms with Crippen molar-refractivity contribution in [1.82, 2.24) is 10.2 Å². The monoisotopic (exact) mass is 198 g/mol. The Kier molecular flexibility index (Phi) is 3.49. The zero-order valence-electron chi connectivity index (χ0n) is 9.04. The molecule has 1 aliphatic rings. The second-order valence-electron chi connectivity index (χ2n) is 4.08. The highest BCUT2D eigenvalue weighted by Crippen LogP contribution is 2.18. The van der Waals surface area contributed by atoms with Gasteiger partial charge in [0, 0.05) is 19.0 Å². The van der Waals surface area contributed by atoms with Gasteiger partial charge < -0.3 is 10.2 Å². The van der Waals surface area contributed by atoms with E-state index in [1.54, 1.807) is 4.90 Å². The molecule has 0 heterocycles. The highest BCUT2D eigenvalue weighted by molar-refractivity contribution is 5.84. The van der Waals surface area contributed by atoms with Gasteiger partial charge in [-0.1, -0.05) is 0 Å². The van der Waals surface area contributed by atoms with E-state index < -0.39 is 0 Å². The molecule has 0 aromatic rings. The number of rotatable bonds is 4. The number of hydrogen-bond donors (Lipinski definition) is 1. The third-order valence-corrected chi connectivity index (χ3v) is 2.28. The Bertz CT molecular complexity index is 234. The molecule has 1 rings (SSSR count). The quantitative estimate of drug-likeness (QED) is 0.716. The molecule has 0 aliphatic heterocycles. The van der Waals surface area contributed by atoms with Crippen molar-refractivity contribution in [3.05, 3.63) is 0 Å². The number of hydrogen-bond acceptors (Lipinski definition) is 2. The fourth-order valence-corrected chi connectivity index (χ4v) is 1.31. The lowest BCUT2D eigenvalue weighted by molar-refractivity contribution is -0.136. The minimum atomic E-state index is -0.0500. The van der Waals surface area contributed by atoms with Gasteiger partial charge in [0.25, 0.3) is 0 Å². The van der Waals surface area contributed by atoms with Gasteiger partial charge in [-0.15, -0.1) is 0 Å². The van der Waals surface area contributed by atoms with Crippen LogP contribution in [0.5, 0.6) is 0 Å². The van der Waals surface area contributed by atoms with E-state index in [-0.39, 0.29) is 24.4 Å². The molecule has 4 heteroatoms. The Hall–Kier alpha value is -1.06. The van der Waals surface area contributed by atoms with Gasteiger partial charge >= 0.3 is 0 Å². The Morgan fingerprint density at radius 2 is 2.00 bits per heavy atom. The van der Waals surface area contributed by atoms with Gasteiger partial charge in [-0.3, -0.25) is 9.59 Å². The van der Waals surface area contributed by atoms with Gasteiger partial charge in [0.05, 0.1) is 6.54 Å². The van der Waals surface area contributed by atoms with Crippen LogP contribution in [0.1, 0.15) is 33.6 Å². The molecule has 1 N–H and O–H groups in total. The maximum Gasteiger partial charge on any atom is 0.239 e. The number of amides is 2. The zero-order valence-corrected chi connectivity index (χ0v) is 9.04. The Labute approximate surface area is 84.7 Å². The number of nitrogens with one attached hydrogen (secondary N) is 1. The molecular formula is C10H18N2O2. The highest BCUT2D eigenvalue weighted by Gasteiger charge is 2.25. The molecule has 0 bridgehead atoms. The fourth-order valence-electron chi connectivity index (χ4n) is 1.31. The number of carbonyl (C=O) groups excluding carboxylic acids is 2. The van der Waals surface area contributed by atoms with Crippen LogP contribution in [-0.2, 0) is 9.59 Å². The summed E-state index contributed by atoms with van der Waals surface area (Å²) in [6, 6.07) is 0.445. The molecule has 1 fully saturated rings. The second-order valence-corrected chi connectivity index (χ2v) is 4.08. The molecule has 0 aromatic heterocycles. The first kappa shape index (κ1) is 11.0. The van der Waals surface area contributed by atoms with Crippen LogP contribution in [0.4, 0.5) is 0 Å². The van der Waals surface area contributed by atoms with Crippen LogP contribution in [0.2, 0.25) is 0 Å². The summed E-state index contributed by atoms with van der Waals surface area (Å²) in [7, 11) is 0. The van der Waals surface area contributed by atoms with Gasteiger partial charge in [0.2, 0.25) is 11.8 Å². The number of nitrogens with zero attached hydrogens (tertiary/aromatic N) is 1. The summed E-state index contributed by atoms with van der Waals surface area (Å²) >= 11 is 0. The van der Waals surface area contributed by atoms with Crippen molar-refractivity contribution in [1.29, 1.82) is 0 Å². The third kappa shape index (κ3) is 3.36. The topological polar surface area (TPSA) is 49.4 Å². The van der Waals surface area contributed by atoms with E-state index in [2.05, 4.69) is 5.32 Å². The average molecular weight is 198 g/mol. The predicted octanol–water partition coefficient (Wildman–Crippen LogP) is 0.522. The van der Waals surface area contributed by atoms with Crippen LogP contribution >= 0.6 is 0 Å². The van der Waals surface area contributed by atoms with E-state index >= 15 is 0 Å². The largest absolute Gasteiger partial charge is 0.352 e. The Morgan fingerprint density at radius 3 is 2.36 bits per heavy atom. The van der Waals surface area contributed by atoms with Crippen molar-refractivity contribution in [2.45, 2.75) is 45.7 Å². The summed E-state index contributed by atoms with van der Waals surface area (Å²) in [5, 5.41) is 2.86. The zero-order chi connectivity index (χ0) is 10.7. The maximum atomic E-state index is 11.4. The van der Waals surface area contributed by atoms with Crippen LogP contribution in [0.3, 0.4) is 0 Å². The number of carbonyl (C=O) groups is 2. The second kappa shape index (κ2) is 4.44. The summed E-state index contributed by atoms with van der Waals surface area (Å²) in [5.74, 6) is -0.0950. The minimum Gasteiger partial charge on any atom is -0.352 e. The molecule has 0 unspecified atom stereocenters. The molecule has 0 radical (unpaired) electrons. The van der Waals surface area contributed by atoms with Crippen molar-refractivity contribution in [2.24, 2.45) is 0 Å². The average Bonchev–Trinajstić information content (AvgIpc) is 2.82. The molecule has 4 nitrogen and oxygen atoms in total. The van der Waals surface area contributed by atoms with Crippen LogP contribution in [-0.4, -0.2) is 35.3 Å². The smallest absolute Gasteiger partial charge is 0.239 e. The van der Waals surface area contributed by atoms with E-state index in [1.807, 2.05) is 13.8 Å². The molecule has 1 saturated carbocycles. The first-order chi connectivity index (χ1) is 6.50. The molecule has 0 spiro atoms. The van der Waals surface area contributed by atoms with Gasteiger partial charge in [-0.05, 0) is 26.7 Å². The summed E-state index contributed by atoms with van der Waals surface area (Å²) in [5.41, 5.74) is 0. The molecule has 80 valence electrons. The van der Waals surface area contributed by atoms with Crippen molar-refractivity contribution < 1.29 is 9.59 Å². The first-order valence-electron chi connectivity index (χ1n) is 5.07. The van der Waals surface area contributed by atoms with Crippen LogP contribution in [0.25, 0.3) is 0 Å². The van der Waals surface area contributed by atoms with Crippen molar-refractivity contribution in [3.63, 3.8) is 0 Å². The lowest BCUT2D eigenvalue weighted by Crippen LogP contribution is -2.43. The van der Waals surface area contributed by atoms with E-state index in [1.165, 1.54) is 6.92 Å². The maximum absolute atomic E-state index is 11.4. The summed E-state index contributed by atoms with van der Waals surface area (Å²) in [6.45, 7) is 5.49. The van der Waals surface area contributed by atoms with Gasteiger partial charge in [-0.25, -0.2) is 0 Å². The molecule has 1 aliphatic carbocycles. The molecule has 0 aromatic carbocycles. The SMILES string of the molecule is CC(=O)N(CC(=O)NC1CC1)C(C)C. The molecule has 14 heavy (non-hydrogen) atoms. The molecule has 0 atom stereocenters. The summed E-state index contributed by atoms with van der Waals surface area (Å²) in [6.07, 6.45) is 2.15. The van der Waals surface area contributed by atoms with Gasteiger partial charge in [0.15, 0.2) is 0 Å². The van der Waals surface area contributed by atoms with E-state index in [0.717, 1.165) is 12.8 Å². The lowest BCUT2D eigenvalue weighted by atomic mass is 10.3. The van der Waals surface area contributed by atoms with Gasteiger partial charge in [0.1, 0.15) is 0 Å². The lowest BCUT2D eigenvalue weighted by Gasteiger charge is -2.24. The van der Waals surface area contributed by atoms with Crippen molar-refractivity contribution in [2.75, 3.05) is 6.54 Å². The van der Waals surface area contributed by atoms with Crippen molar-refractivity contribution >= 4 is 11.8 Å². The summed E-state index contributed by atoms with van der Waals surface area (Å²) in [4.78, 5) is 24.1. The van der Waals surface area contributed by atoms with Crippen molar-refractivity contribution in [3.8, 4) is 0 Å². The van der Waals surface area contributed by atoms with Crippen LogP contribution < -0.4 is 5.32 Å². The predicted molar refractivity (Wildman–Crippen MR) is 53.7 cm³/mol. The normalized spacial score (nSPS) is 15.4. The standard InChI is InChI=1S/C10H18N2O2/c1-7(2)12(8(3)13)6-10(14)11-9-4-5-9/h7,9H,4-6H2,1-3H3,(H,11,14). The Morgan fingerprint density at radius 1 is 1.43 bits per heavy atom. The van der Waals surface area contributed by atoms with Gasteiger partial charge in [-0.2, -0.15) is 0 Å². The molecule has 0 saturated heterocycles. The molecule has 2 amide bonds. The van der Waals surface area contributed by atoms with Crippen LogP contribution in [0.15, 0.2) is 0 Å².